The minimum Gasteiger partial charge on any atom is -0.481 e. The van der Waals surface area contributed by atoms with Crippen LogP contribution in [0.4, 0.5) is 0 Å². The first-order chi connectivity index (χ1) is 8.41. The molecule has 0 aliphatic rings. The first-order valence-corrected chi connectivity index (χ1v) is 5.99. The lowest BCUT2D eigenvalue weighted by molar-refractivity contribution is -0.145. The Morgan fingerprint density at radius 1 is 1.22 bits per heavy atom. The Hall–Kier alpha value is -1.64. The summed E-state index contributed by atoms with van der Waals surface area (Å²) in [6.45, 7) is 0. The van der Waals surface area contributed by atoms with Crippen LogP contribution in [0.15, 0.2) is 24.3 Å². The minimum absolute atomic E-state index is 0.315. The predicted octanol–water partition coefficient (Wildman–Crippen LogP) is 0.949. The zero-order valence-electron chi connectivity index (χ0n) is 9.09. The molecule has 0 unspecified atom stereocenters. The third-order valence-electron chi connectivity index (χ3n) is 2.10. The standard InChI is InChI=1S/C11H10INO5/c12-7-4-2-1-3-6(7)10(16)13-8(11(17)18)5-9(14)15/h1-4,8H,5H2,(H,13,16)(H,14,15)(H,17,18)/t8-/m1/s1. The lowest BCUT2D eigenvalue weighted by Gasteiger charge is -2.13. The van der Waals surface area contributed by atoms with Crippen molar-refractivity contribution in [2.75, 3.05) is 0 Å². The number of carbonyl (C=O) groups is 3. The van der Waals surface area contributed by atoms with E-state index >= 15 is 0 Å². The van der Waals surface area contributed by atoms with Crippen molar-refractivity contribution in [3.63, 3.8) is 0 Å². The summed E-state index contributed by atoms with van der Waals surface area (Å²) >= 11 is 1.94. The molecule has 1 amide bonds. The Morgan fingerprint density at radius 3 is 2.33 bits per heavy atom. The van der Waals surface area contributed by atoms with Gasteiger partial charge in [-0.15, -0.1) is 0 Å². The molecule has 1 aromatic rings. The molecule has 18 heavy (non-hydrogen) atoms. The Bertz CT molecular complexity index is 488. The van der Waals surface area contributed by atoms with Crippen molar-refractivity contribution in [3.8, 4) is 0 Å². The summed E-state index contributed by atoms with van der Waals surface area (Å²) in [7, 11) is 0. The molecule has 0 fully saturated rings. The van der Waals surface area contributed by atoms with E-state index in [1.807, 2.05) is 22.6 Å². The molecule has 0 radical (unpaired) electrons. The Balaban J connectivity index is 2.82. The summed E-state index contributed by atoms with van der Waals surface area (Å²) in [5, 5.41) is 19.5. The summed E-state index contributed by atoms with van der Waals surface area (Å²) in [6, 6.07) is 5.18. The van der Waals surface area contributed by atoms with Crippen LogP contribution in [0, 0.1) is 3.57 Å². The monoisotopic (exact) mass is 363 g/mol. The highest BCUT2D eigenvalue weighted by Crippen LogP contribution is 2.11. The number of benzene rings is 1. The number of rotatable bonds is 5. The first kappa shape index (κ1) is 14.4. The summed E-state index contributed by atoms with van der Waals surface area (Å²) in [5.74, 6) is -3.27. The van der Waals surface area contributed by atoms with Gasteiger partial charge in [0.2, 0.25) is 0 Å². The van der Waals surface area contributed by atoms with Crippen molar-refractivity contribution in [2.45, 2.75) is 12.5 Å². The van der Waals surface area contributed by atoms with Gasteiger partial charge in [0.05, 0.1) is 12.0 Å². The number of nitrogens with one attached hydrogen (secondary N) is 1. The lowest BCUT2D eigenvalue weighted by Crippen LogP contribution is -2.42. The first-order valence-electron chi connectivity index (χ1n) is 4.92. The molecule has 0 aromatic heterocycles. The van der Waals surface area contributed by atoms with E-state index in [4.69, 9.17) is 10.2 Å². The van der Waals surface area contributed by atoms with Crippen molar-refractivity contribution in [3.05, 3.63) is 33.4 Å². The fourth-order valence-corrected chi connectivity index (χ4v) is 1.89. The highest BCUT2D eigenvalue weighted by molar-refractivity contribution is 14.1. The molecule has 0 heterocycles. The van der Waals surface area contributed by atoms with Crippen LogP contribution in [0.1, 0.15) is 16.8 Å². The van der Waals surface area contributed by atoms with Crippen molar-refractivity contribution in [2.24, 2.45) is 0 Å². The fourth-order valence-electron chi connectivity index (χ4n) is 1.26. The second kappa shape index (κ2) is 6.34. The van der Waals surface area contributed by atoms with Crippen LogP contribution < -0.4 is 5.32 Å². The average molecular weight is 363 g/mol. The van der Waals surface area contributed by atoms with Crippen LogP contribution >= 0.6 is 22.6 Å². The Morgan fingerprint density at radius 2 is 1.83 bits per heavy atom. The Labute approximate surface area is 116 Å². The topological polar surface area (TPSA) is 104 Å². The molecule has 6 nitrogen and oxygen atoms in total. The zero-order chi connectivity index (χ0) is 13.7. The summed E-state index contributed by atoms with van der Waals surface area (Å²) in [5.41, 5.74) is 0.315. The van der Waals surface area contributed by atoms with Crippen molar-refractivity contribution in [1.29, 1.82) is 0 Å². The highest BCUT2D eigenvalue weighted by Gasteiger charge is 2.24. The number of carboxylic acids is 2. The van der Waals surface area contributed by atoms with Gasteiger partial charge in [0.15, 0.2) is 0 Å². The molecule has 1 aromatic carbocycles. The molecule has 96 valence electrons. The van der Waals surface area contributed by atoms with Gasteiger partial charge in [0.25, 0.3) is 5.91 Å². The molecule has 1 rings (SSSR count). The minimum atomic E-state index is -1.44. The van der Waals surface area contributed by atoms with Crippen LogP contribution in [-0.4, -0.2) is 34.1 Å². The molecule has 0 bridgehead atoms. The molecular formula is C11H10INO5. The summed E-state index contributed by atoms with van der Waals surface area (Å²) in [4.78, 5) is 33.1. The van der Waals surface area contributed by atoms with Gasteiger partial charge in [-0.2, -0.15) is 0 Å². The van der Waals surface area contributed by atoms with Crippen molar-refractivity contribution < 1.29 is 24.6 Å². The van der Waals surface area contributed by atoms with Gasteiger partial charge in [-0.3, -0.25) is 9.59 Å². The van der Waals surface area contributed by atoms with E-state index in [-0.39, 0.29) is 0 Å². The molecule has 0 spiro atoms. The zero-order valence-corrected chi connectivity index (χ0v) is 11.2. The second-order valence-corrected chi connectivity index (χ2v) is 4.60. The molecule has 7 heteroatoms. The van der Waals surface area contributed by atoms with E-state index < -0.39 is 30.3 Å². The van der Waals surface area contributed by atoms with Gasteiger partial charge in [0.1, 0.15) is 6.04 Å². The largest absolute Gasteiger partial charge is 0.481 e. The predicted molar refractivity (Wildman–Crippen MR) is 70.3 cm³/mol. The SMILES string of the molecule is O=C(O)C[C@@H](NC(=O)c1ccccc1I)C(=O)O. The second-order valence-electron chi connectivity index (χ2n) is 3.44. The lowest BCUT2D eigenvalue weighted by atomic mass is 10.1. The fraction of sp³-hybridized carbons (Fsp3) is 0.182. The average Bonchev–Trinajstić information content (AvgIpc) is 2.27. The molecular weight excluding hydrogens is 353 g/mol. The van der Waals surface area contributed by atoms with Gasteiger partial charge >= 0.3 is 11.9 Å². The van der Waals surface area contributed by atoms with E-state index in [0.29, 0.717) is 9.13 Å². The van der Waals surface area contributed by atoms with E-state index in [1.165, 1.54) is 6.07 Å². The van der Waals surface area contributed by atoms with Crippen molar-refractivity contribution >= 4 is 40.4 Å². The normalized spacial score (nSPS) is 11.6. The van der Waals surface area contributed by atoms with Crippen LogP contribution in [0.3, 0.4) is 0 Å². The van der Waals surface area contributed by atoms with Gasteiger partial charge in [-0.25, -0.2) is 4.79 Å². The van der Waals surface area contributed by atoms with Crippen LogP contribution in [0.5, 0.6) is 0 Å². The van der Waals surface area contributed by atoms with Gasteiger partial charge in [0, 0.05) is 3.57 Å². The van der Waals surface area contributed by atoms with E-state index in [1.54, 1.807) is 18.2 Å². The highest BCUT2D eigenvalue weighted by atomic mass is 127. The molecule has 0 aliphatic carbocycles. The molecule has 0 saturated carbocycles. The number of hydrogen-bond acceptors (Lipinski definition) is 3. The smallest absolute Gasteiger partial charge is 0.326 e. The summed E-state index contributed by atoms with van der Waals surface area (Å²) in [6.07, 6.45) is -0.662. The van der Waals surface area contributed by atoms with Gasteiger partial charge in [-0.05, 0) is 34.7 Å². The molecule has 0 saturated heterocycles. The van der Waals surface area contributed by atoms with Crippen LogP contribution in [0.25, 0.3) is 0 Å². The van der Waals surface area contributed by atoms with E-state index in [9.17, 15) is 14.4 Å². The number of aliphatic carboxylic acids is 2. The maximum atomic E-state index is 11.8. The van der Waals surface area contributed by atoms with Crippen LogP contribution in [0.2, 0.25) is 0 Å². The molecule has 1 atom stereocenters. The number of hydrogen-bond donors (Lipinski definition) is 3. The van der Waals surface area contributed by atoms with Gasteiger partial charge in [-0.1, -0.05) is 12.1 Å². The van der Waals surface area contributed by atoms with E-state index in [2.05, 4.69) is 5.32 Å². The maximum Gasteiger partial charge on any atom is 0.326 e. The third-order valence-corrected chi connectivity index (χ3v) is 3.04. The van der Waals surface area contributed by atoms with Crippen LogP contribution in [-0.2, 0) is 9.59 Å². The maximum absolute atomic E-state index is 11.8. The van der Waals surface area contributed by atoms with Gasteiger partial charge < -0.3 is 15.5 Å². The number of carboxylic acid groups (broad SMARTS) is 2. The number of halogens is 1. The van der Waals surface area contributed by atoms with E-state index in [0.717, 1.165) is 0 Å². The van der Waals surface area contributed by atoms with Crippen molar-refractivity contribution in [1.82, 2.24) is 5.32 Å². The molecule has 3 N–H and O–H groups in total. The summed E-state index contributed by atoms with van der Waals surface area (Å²) < 4.78 is 0.659. The molecule has 0 aliphatic heterocycles. The number of carbonyl (C=O) groups excluding carboxylic acids is 1. The third kappa shape index (κ3) is 3.99. The quantitative estimate of drug-likeness (QED) is 0.676. The Kier molecular flexibility index (Phi) is 5.08. The number of amides is 1.